The van der Waals surface area contributed by atoms with Gasteiger partial charge in [-0.05, 0) is 37.3 Å². The van der Waals surface area contributed by atoms with Crippen LogP contribution >= 0.6 is 0 Å². The summed E-state index contributed by atoms with van der Waals surface area (Å²) in [7, 11) is 0. The Hall–Kier alpha value is -2.11. The molecule has 1 atom stereocenters. The molecule has 1 aromatic carbocycles. The van der Waals surface area contributed by atoms with Crippen molar-refractivity contribution in [1.29, 1.82) is 0 Å². The fourth-order valence-corrected chi connectivity index (χ4v) is 2.57. The van der Waals surface area contributed by atoms with Crippen LogP contribution in [0.15, 0.2) is 18.2 Å². The van der Waals surface area contributed by atoms with Gasteiger partial charge in [-0.1, -0.05) is 13.0 Å². The predicted octanol–water partition coefficient (Wildman–Crippen LogP) is 2.44. The first-order valence-corrected chi connectivity index (χ1v) is 6.83. The van der Waals surface area contributed by atoms with Crippen LogP contribution in [-0.2, 0) is 0 Å². The van der Waals surface area contributed by atoms with Crippen molar-refractivity contribution in [3.63, 3.8) is 0 Å². The van der Waals surface area contributed by atoms with Gasteiger partial charge in [0, 0.05) is 13.1 Å². The number of hydrogen-bond acceptors (Lipinski definition) is 4. The van der Waals surface area contributed by atoms with Crippen LogP contribution in [0.25, 0.3) is 0 Å². The minimum atomic E-state index is -0.580. The molecular formula is C14H19N3O3. The van der Waals surface area contributed by atoms with Crippen molar-refractivity contribution in [3.8, 4) is 0 Å². The number of nitrogen functional groups attached to an aromatic ring is 1. The molecule has 0 radical (unpaired) electrons. The van der Waals surface area contributed by atoms with E-state index in [1.165, 1.54) is 12.1 Å². The van der Waals surface area contributed by atoms with Gasteiger partial charge in [-0.25, -0.2) is 0 Å². The Morgan fingerprint density at radius 2 is 2.15 bits per heavy atom. The van der Waals surface area contributed by atoms with Gasteiger partial charge in [0.05, 0.1) is 4.92 Å². The van der Waals surface area contributed by atoms with E-state index in [1.54, 1.807) is 11.0 Å². The average molecular weight is 277 g/mol. The zero-order chi connectivity index (χ0) is 14.7. The molecule has 1 aliphatic rings. The maximum Gasteiger partial charge on any atom is 0.304 e. The maximum atomic E-state index is 12.5. The van der Waals surface area contributed by atoms with E-state index in [-0.39, 0.29) is 22.8 Å². The van der Waals surface area contributed by atoms with Crippen LogP contribution in [0.5, 0.6) is 0 Å². The second kappa shape index (κ2) is 5.90. The van der Waals surface area contributed by atoms with Gasteiger partial charge in [-0.15, -0.1) is 0 Å². The van der Waals surface area contributed by atoms with Crippen LogP contribution in [0.3, 0.4) is 0 Å². The summed E-state index contributed by atoms with van der Waals surface area (Å²) in [5, 5.41) is 11.1. The van der Waals surface area contributed by atoms with Gasteiger partial charge in [0.25, 0.3) is 5.91 Å². The Kier molecular flexibility index (Phi) is 4.22. The number of benzene rings is 1. The number of para-hydroxylation sites is 1. The normalized spacial score (nSPS) is 19.4. The van der Waals surface area contributed by atoms with Gasteiger partial charge in [0.1, 0.15) is 11.3 Å². The monoisotopic (exact) mass is 277 g/mol. The van der Waals surface area contributed by atoms with Crippen molar-refractivity contribution in [2.75, 3.05) is 18.8 Å². The molecule has 20 heavy (non-hydrogen) atoms. The van der Waals surface area contributed by atoms with E-state index in [2.05, 4.69) is 6.92 Å². The lowest BCUT2D eigenvalue weighted by Gasteiger charge is -2.20. The number of likely N-dealkylation sites (tertiary alicyclic amines) is 1. The van der Waals surface area contributed by atoms with Crippen molar-refractivity contribution in [3.05, 3.63) is 33.9 Å². The van der Waals surface area contributed by atoms with Crippen molar-refractivity contribution in [2.24, 2.45) is 5.92 Å². The number of nitrogens with two attached hydrogens (primary N) is 1. The number of nitro benzene ring substituents is 1. The second-order valence-corrected chi connectivity index (χ2v) is 5.33. The topological polar surface area (TPSA) is 89.5 Å². The van der Waals surface area contributed by atoms with Gasteiger partial charge in [-0.2, -0.15) is 0 Å². The molecule has 0 aromatic heterocycles. The van der Waals surface area contributed by atoms with Gasteiger partial charge >= 0.3 is 5.69 Å². The summed E-state index contributed by atoms with van der Waals surface area (Å²) >= 11 is 0. The standard InChI is InChI=1S/C14H19N3O3/c1-10-4-3-8-16(9-7-10)14(18)11-5-2-6-12(15)13(11)17(19)20/h2,5-6,10H,3-4,7-9,15H2,1H3. The molecule has 108 valence electrons. The molecule has 1 saturated heterocycles. The van der Waals surface area contributed by atoms with Crippen LogP contribution < -0.4 is 5.73 Å². The number of rotatable bonds is 2. The van der Waals surface area contributed by atoms with Gasteiger partial charge in [0.2, 0.25) is 0 Å². The second-order valence-electron chi connectivity index (χ2n) is 5.33. The van der Waals surface area contributed by atoms with Crippen LogP contribution in [0.1, 0.15) is 36.5 Å². The van der Waals surface area contributed by atoms with E-state index in [1.807, 2.05) is 0 Å². The van der Waals surface area contributed by atoms with Gasteiger partial charge in [-0.3, -0.25) is 14.9 Å². The van der Waals surface area contributed by atoms with E-state index >= 15 is 0 Å². The zero-order valence-corrected chi connectivity index (χ0v) is 11.5. The molecule has 1 unspecified atom stereocenters. The molecule has 2 N–H and O–H groups in total. The smallest absolute Gasteiger partial charge is 0.304 e. The summed E-state index contributed by atoms with van der Waals surface area (Å²) in [5.41, 5.74) is 5.47. The van der Waals surface area contributed by atoms with E-state index in [0.717, 1.165) is 19.3 Å². The number of amides is 1. The fraction of sp³-hybridized carbons (Fsp3) is 0.500. The summed E-state index contributed by atoms with van der Waals surface area (Å²) in [4.78, 5) is 24.7. The molecule has 1 heterocycles. The lowest BCUT2D eigenvalue weighted by atomic mass is 10.0. The van der Waals surface area contributed by atoms with E-state index in [4.69, 9.17) is 5.73 Å². The third-order valence-corrected chi connectivity index (χ3v) is 3.78. The first-order valence-electron chi connectivity index (χ1n) is 6.83. The van der Waals surface area contributed by atoms with Crippen molar-refractivity contribution < 1.29 is 9.72 Å². The number of hydrogen-bond donors (Lipinski definition) is 1. The molecule has 0 aliphatic carbocycles. The predicted molar refractivity (Wildman–Crippen MR) is 76.4 cm³/mol. The van der Waals surface area contributed by atoms with Crippen molar-refractivity contribution >= 4 is 17.3 Å². The molecule has 1 aliphatic heterocycles. The van der Waals surface area contributed by atoms with E-state index < -0.39 is 4.92 Å². The highest BCUT2D eigenvalue weighted by Gasteiger charge is 2.27. The zero-order valence-electron chi connectivity index (χ0n) is 11.5. The summed E-state index contributed by atoms with van der Waals surface area (Å²) in [6, 6.07) is 4.50. The summed E-state index contributed by atoms with van der Waals surface area (Å²) in [5.74, 6) is 0.293. The van der Waals surface area contributed by atoms with E-state index in [0.29, 0.717) is 19.0 Å². The molecule has 0 bridgehead atoms. The third-order valence-electron chi connectivity index (χ3n) is 3.78. The number of nitrogens with zero attached hydrogens (tertiary/aromatic N) is 2. The molecule has 6 nitrogen and oxygen atoms in total. The highest BCUT2D eigenvalue weighted by atomic mass is 16.6. The van der Waals surface area contributed by atoms with Crippen LogP contribution in [0.4, 0.5) is 11.4 Å². The molecule has 1 amide bonds. The maximum absolute atomic E-state index is 12.5. The first kappa shape index (κ1) is 14.3. The number of nitro groups is 1. The Balaban J connectivity index is 2.29. The Bertz CT molecular complexity index is 530. The highest BCUT2D eigenvalue weighted by Crippen LogP contribution is 2.28. The van der Waals surface area contributed by atoms with Crippen molar-refractivity contribution in [1.82, 2.24) is 4.90 Å². The fourth-order valence-electron chi connectivity index (χ4n) is 2.57. The summed E-state index contributed by atoms with van der Waals surface area (Å²) < 4.78 is 0. The molecule has 2 rings (SSSR count). The lowest BCUT2D eigenvalue weighted by molar-refractivity contribution is -0.384. The SMILES string of the molecule is CC1CCCN(C(=O)c2cccc(N)c2[N+](=O)[O-])CC1. The van der Waals surface area contributed by atoms with E-state index in [9.17, 15) is 14.9 Å². The Morgan fingerprint density at radius 3 is 2.85 bits per heavy atom. The number of carbonyl (C=O) groups excluding carboxylic acids is 1. The lowest BCUT2D eigenvalue weighted by Crippen LogP contribution is -2.32. The first-order chi connectivity index (χ1) is 9.50. The summed E-state index contributed by atoms with van der Waals surface area (Å²) in [6.45, 7) is 3.46. The summed E-state index contributed by atoms with van der Waals surface area (Å²) in [6.07, 6.45) is 2.95. The van der Waals surface area contributed by atoms with Crippen LogP contribution in [0.2, 0.25) is 0 Å². The molecular weight excluding hydrogens is 258 g/mol. The molecule has 0 saturated carbocycles. The number of carbonyl (C=O) groups is 1. The largest absolute Gasteiger partial charge is 0.393 e. The molecule has 1 aromatic rings. The third kappa shape index (κ3) is 2.89. The number of anilines is 1. The molecule has 0 spiro atoms. The molecule has 1 fully saturated rings. The van der Waals surface area contributed by atoms with Crippen LogP contribution in [0, 0.1) is 16.0 Å². The van der Waals surface area contributed by atoms with Gasteiger partial charge < -0.3 is 10.6 Å². The Labute approximate surface area is 117 Å². The average Bonchev–Trinajstić information content (AvgIpc) is 2.62. The molecule has 6 heteroatoms. The minimum Gasteiger partial charge on any atom is -0.393 e. The van der Waals surface area contributed by atoms with Crippen LogP contribution in [-0.4, -0.2) is 28.8 Å². The quantitative estimate of drug-likeness (QED) is 0.510. The highest BCUT2D eigenvalue weighted by molar-refractivity contribution is 6.00. The van der Waals surface area contributed by atoms with Crippen molar-refractivity contribution in [2.45, 2.75) is 26.2 Å². The minimum absolute atomic E-state index is 0.0315. The van der Waals surface area contributed by atoms with Gasteiger partial charge in [0.15, 0.2) is 0 Å². The Morgan fingerprint density at radius 1 is 1.40 bits per heavy atom.